The number of hydrogen-bond donors (Lipinski definition) is 1. The number of ether oxygens (including phenoxy) is 1. The first-order valence-corrected chi connectivity index (χ1v) is 5.03. The van der Waals surface area contributed by atoms with Crippen LogP contribution in [0.15, 0.2) is 12.2 Å². The second-order valence-corrected chi connectivity index (χ2v) is 3.59. The van der Waals surface area contributed by atoms with E-state index in [1.165, 1.54) is 0 Å². The summed E-state index contributed by atoms with van der Waals surface area (Å²) in [7, 11) is 1.89. The van der Waals surface area contributed by atoms with Crippen molar-refractivity contribution < 1.29 is 9.53 Å². The van der Waals surface area contributed by atoms with Gasteiger partial charge in [0.1, 0.15) is 6.61 Å². The molecule has 0 saturated heterocycles. The second-order valence-electron chi connectivity index (χ2n) is 3.59. The minimum Gasteiger partial charge on any atom is -0.460 e. The minimum absolute atomic E-state index is 0.0922. The topological polar surface area (TPSA) is 38.3 Å². The van der Waals surface area contributed by atoms with Crippen LogP contribution in [0.3, 0.4) is 0 Å². The summed E-state index contributed by atoms with van der Waals surface area (Å²) in [5.41, 5.74) is 0.354. The van der Waals surface area contributed by atoms with Crippen LogP contribution in [-0.4, -0.2) is 25.2 Å². The van der Waals surface area contributed by atoms with Gasteiger partial charge in [-0.1, -0.05) is 20.4 Å². The van der Waals surface area contributed by atoms with Gasteiger partial charge in [-0.2, -0.15) is 0 Å². The van der Waals surface area contributed by atoms with Gasteiger partial charge >= 0.3 is 5.97 Å². The summed E-state index contributed by atoms with van der Waals surface area (Å²) in [6.45, 7) is 9.75. The lowest BCUT2D eigenvalue weighted by atomic mass is 9.94. The predicted octanol–water partition coefficient (Wildman–Crippen LogP) is 1.88. The smallest absolute Gasteiger partial charge is 0.333 e. The van der Waals surface area contributed by atoms with Crippen LogP contribution in [-0.2, 0) is 9.53 Å². The molecule has 0 bridgehead atoms. The Labute approximate surface area is 86.5 Å². The lowest BCUT2D eigenvalue weighted by Gasteiger charge is -2.30. The highest BCUT2D eigenvalue weighted by atomic mass is 16.5. The van der Waals surface area contributed by atoms with Crippen molar-refractivity contribution in [3.05, 3.63) is 12.2 Å². The summed E-state index contributed by atoms with van der Waals surface area (Å²) in [4.78, 5) is 11.2. The van der Waals surface area contributed by atoms with Crippen molar-refractivity contribution in [1.82, 2.24) is 5.32 Å². The van der Waals surface area contributed by atoms with Crippen LogP contribution in [0.25, 0.3) is 0 Å². The molecule has 0 atom stereocenters. The fourth-order valence-electron chi connectivity index (χ4n) is 1.21. The maximum atomic E-state index is 11.2. The zero-order valence-electron chi connectivity index (χ0n) is 9.64. The molecule has 0 aromatic heterocycles. The molecule has 3 heteroatoms. The van der Waals surface area contributed by atoms with Crippen LogP contribution in [0.5, 0.6) is 0 Å². The van der Waals surface area contributed by atoms with Crippen LogP contribution < -0.4 is 5.32 Å². The number of esters is 1. The van der Waals surface area contributed by atoms with Gasteiger partial charge in [-0.3, -0.25) is 0 Å². The third kappa shape index (κ3) is 3.50. The molecule has 0 aromatic carbocycles. The van der Waals surface area contributed by atoms with Crippen molar-refractivity contribution >= 4 is 5.97 Å². The molecule has 14 heavy (non-hydrogen) atoms. The van der Waals surface area contributed by atoms with Gasteiger partial charge in [-0.15, -0.1) is 0 Å². The average molecular weight is 199 g/mol. The Balaban J connectivity index is 4.19. The highest BCUT2D eigenvalue weighted by molar-refractivity contribution is 5.86. The first-order chi connectivity index (χ1) is 6.51. The van der Waals surface area contributed by atoms with E-state index in [0.717, 1.165) is 12.8 Å². The number of likely N-dealkylation sites (N-methyl/N-ethyl adjacent to an activating group) is 1. The van der Waals surface area contributed by atoms with Gasteiger partial charge in [-0.05, 0) is 26.8 Å². The fourth-order valence-corrected chi connectivity index (χ4v) is 1.21. The van der Waals surface area contributed by atoms with Crippen LogP contribution >= 0.6 is 0 Å². The molecule has 82 valence electrons. The summed E-state index contributed by atoms with van der Waals surface area (Å²) in [6.07, 6.45) is 1.87. The quantitative estimate of drug-likeness (QED) is 0.524. The highest BCUT2D eigenvalue weighted by Crippen LogP contribution is 2.15. The molecule has 0 aromatic rings. The Morgan fingerprint density at radius 3 is 2.21 bits per heavy atom. The van der Waals surface area contributed by atoms with E-state index in [-0.39, 0.29) is 11.5 Å². The van der Waals surface area contributed by atoms with E-state index in [4.69, 9.17) is 4.74 Å². The van der Waals surface area contributed by atoms with Crippen molar-refractivity contribution in [2.24, 2.45) is 0 Å². The van der Waals surface area contributed by atoms with Gasteiger partial charge in [0.15, 0.2) is 0 Å². The summed E-state index contributed by atoms with van der Waals surface area (Å²) in [6, 6.07) is 0. The fraction of sp³-hybridized carbons (Fsp3) is 0.727. The van der Waals surface area contributed by atoms with Crippen molar-refractivity contribution in [3.63, 3.8) is 0 Å². The van der Waals surface area contributed by atoms with Crippen molar-refractivity contribution in [1.29, 1.82) is 0 Å². The normalized spacial score (nSPS) is 11.1. The van der Waals surface area contributed by atoms with E-state index in [1.54, 1.807) is 6.92 Å². The van der Waals surface area contributed by atoms with Crippen molar-refractivity contribution in [2.75, 3.05) is 13.7 Å². The average Bonchev–Trinajstić information content (AvgIpc) is 2.20. The molecule has 0 aliphatic carbocycles. The number of rotatable bonds is 6. The third-order valence-corrected chi connectivity index (χ3v) is 2.71. The van der Waals surface area contributed by atoms with Crippen LogP contribution in [0, 0.1) is 0 Å². The molecule has 0 spiro atoms. The summed E-state index contributed by atoms with van der Waals surface area (Å²) in [5.74, 6) is -0.313. The maximum Gasteiger partial charge on any atom is 0.333 e. The molecule has 0 aliphatic heterocycles. The van der Waals surface area contributed by atoms with Gasteiger partial charge in [0.2, 0.25) is 0 Å². The van der Waals surface area contributed by atoms with Gasteiger partial charge in [-0.25, -0.2) is 4.79 Å². The number of nitrogens with one attached hydrogen (secondary N) is 1. The van der Waals surface area contributed by atoms with Gasteiger partial charge in [0.25, 0.3) is 0 Å². The Kier molecular flexibility index (Phi) is 5.46. The third-order valence-electron chi connectivity index (χ3n) is 2.71. The van der Waals surface area contributed by atoms with E-state index < -0.39 is 0 Å². The van der Waals surface area contributed by atoms with E-state index >= 15 is 0 Å². The first-order valence-electron chi connectivity index (χ1n) is 5.03. The van der Waals surface area contributed by atoms with Gasteiger partial charge in [0.05, 0.1) is 5.54 Å². The SMILES string of the molecule is C=C(C)C(=O)OCC(CC)(CC)NC. The predicted molar refractivity (Wildman–Crippen MR) is 58.1 cm³/mol. The van der Waals surface area contributed by atoms with Crippen molar-refractivity contribution in [3.8, 4) is 0 Å². The van der Waals surface area contributed by atoms with Gasteiger partial charge in [0, 0.05) is 5.57 Å². The number of carbonyl (C=O) groups excluding carboxylic acids is 1. The largest absolute Gasteiger partial charge is 0.460 e. The van der Waals surface area contributed by atoms with Crippen LogP contribution in [0.2, 0.25) is 0 Å². The molecule has 0 unspecified atom stereocenters. The minimum atomic E-state index is -0.313. The molecule has 0 heterocycles. The van der Waals surface area contributed by atoms with E-state index in [2.05, 4.69) is 25.7 Å². The molecule has 0 aliphatic rings. The van der Waals surface area contributed by atoms with E-state index in [9.17, 15) is 4.79 Å². The van der Waals surface area contributed by atoms with Gasteiger partial charge < -0.3 is 10.1 Å². The molecule has 0 fully saturated rings. The molecule has 0 rings (SSSR count). The Bertz CT molecular complexity index is 199. The first kappa shape index (κ1) is 13.2. The summed E-state index contributed by atoms with van der Waals surface area (Å²) >= 11 is 0. The number of carbonyl (C=O) groups is 1. The molecule has 0 saturated carbocycles. The molecular formula is C11H21NO2. The lowest BCUT2D eigenvalue weighted by Crippen LogP contribution is -2.46. The Morgan fingerprint density at radius 1 is 1.43 bits per heavy atom. The van der Waals surface area contributed by atoms with Crippen LogP contribution in [0.4, 0.5) is 0 Å². The van der Waals surface area contributed by atoms with Crippen molar-refractivity contribution in [2.45, 2.75) is 39.2 Å². The van der Waals surface area contributed by atoms with E-state index in [1.807, 2.05) is 7.05 Å². The molecule has 3 nitrogen and oxygen atoms in total. The Hall–Kier alpha value is -0.830. The highest BCUT2D eigenvalue weighted by Gasteiger charge is 2.25. The monoisotopic (exact) mass is 199 g/mol. The lowest BCUT2D eigenvalue weighted by molar-refractivity contribution is -0.141. The molecule has 1 N–H and O–H groups in total. The van der Waals surface area contributed by atoms with Crippen LogP contribution in [0.1, 0.15) is 33.6 Å². The second kappa shape index (κ2) is 5.81. The molecular weight excluding hydrogens is 178 g/mol. The maximum absolute atomic E-state index is 11.2. The number of hydrogen-bond acceptors (Lipinski definition) is 3. The Morgan fingerprint density at radius 2 is 1.93 bits per heavy atom. The van der Waals surface area contributed by atoms with E-state index in [0.29, 0.717) is 12.2 Å². The standard InChI is InChI=1S/C11H21NO2/c1-6-11(7-2,12-5)8-14-10(13)9(3)4/h12H,3,6-8H2,1-2,4-5H3. The summed E-state index contributed by atoms with van der Waals surface area (Å²) < 4.78 is 5.14. The zero-order chi connectivity index (χ0) is 11.2. The molecule has 0 radical (unpaired) electrons. The zero-order valence-corrected chi connectivity index (χ0v) is 9.64. The molecule has 0 amide bonds. The summed E-state index contributed by atoms with van der Waals surface area (Å²) in [5, 5.41) is 3.20.